The van der Waals surface area contributed by atoms with Crippen molar-refractivity contribution in [1.29, 1.82) is 5.26 Å². The van der Waals surface area contributed by atoms with Crippen molar-refractivity contribution in [3.05, 3.63) is 69.9 Å². The summed E-state index contributed by atoms with van der Waals surface area (Å²) in [5.41, 5.74) is 7.36. The number of nitriles is 1. The highest BCUT2D eigenvalue weighted by atomic mass is 32.2. The second kappa shape index (κ2) is 12.9. The Balaban J connectivity index is 2.98. The third-order valence-electron chi connectivity index (χ3n) is 3.79. The summed E-state index contributed by atoms with van der Waals surface area (Å²) in [5.74, 6) is -1.09. The molecule has 0 aromatic heterocycles. The summed E-state index contributed by atoms with van der Waals surface area (Å²) in [6, 6.07) is 9.12. The highest BCUT2D eigenvalue weighted by molar-refractivity contribution is 8.02. The number of aryl methyl sites for hydroxylation is 1. The molecule has 0 radical (unpaired) electrons. The molecule has 0 aliphatic heterocycles. The fourth-order valence-electron chi connectivity index (χ4n) is 2.28. The fraction of sp³-hybridized carbons (Fsp3) is 0.238. The Morgan fingerprint density at radius 3 is 2.67 bits per heavy atom. The summed E-state index contributed by atoms with van der Waals surface area (Å²) < 4.78 is 4.74. The molecule has 158 valence electrons. The van der Waals surface area contributed by atoms with Crippen LogP contribution in [-0.4, -0.2) is 35.7 Å². The number of amides is 1. The molecule has 4 N–H and O–H groups in total. The number of benzene rings is 1. The topological polar surface area (TPSA) is 138 Å². The lowest BCUT2D eigenvalue weighted by molar-refractivity contribution is -0.135. The Morgan fingerprint density at radius 2 is 2.10 bits per heavy atom. The molecule has 0 spiro atoms. The van der Waals surface area contributed by atoms with Crippen LogP contribution in [0.2, 0.25) is 0 Å². The molecule has 0 atom stereocenters. The van der Waals surface area contributed by atoms with E-state index < -0.39 is 5.97 Å². The Morgan fingerprint density at radius 1 is 1.40 bits per heavy atom. The van der Waals surface area contributed by atoms with E-state index >= 15 is 0 Å². The third-order valence-corrected chi connectivity index (χ3v) is 4.50. The fourth-order valence-corrected chi connectivity index (χ4v) is 2.85. The molecule has 8 nitrogen and oxygen atoms in total. The van der Waals surface area contributed by atoms with Crippen LogP contribution in [0.4, 0.5) is 0 Å². The molecule has 0 bridgehead atoms. The van der Waals surface area contributed by atoms with E-state index in [1.165, 1.54) is 23.9 Å². The standard InChI is InChI=1S/C21H24N4O4S/c1-4-29-21(27)18(25-28)12-8-7-11-17(23)16(13-22)20(30-3)24-19(26)15-10-6-5-9-14(15)2/h5-6,8-12,28H,4,7,23H2,1-3H3,(H,24,26)/b12-8+,17-11-,20-16-,25-18+. The molecule has 0 saturated carbocycles. The smallest absolute Gasteiger partial charge is 0.360 e. The van der Waals surface area contributed by atoms with Crippen LogP contribution in [0.5, 0.6) is 0 Å². The van der Waals surface area contributed by atoms with Crippen LogP contribution < -0.4 is 11.1 Å². The molecular formula is C21H24N4O4S. The maximum atomic E-state index is 12.5. The van der Waals surface area contributed by atoms with E-state index in [0.29, 0.717) is 10.6 Å². The van der Waals surface area contributed by atoms with E-state index in [9.17, 15) is 14.9 Å². The van der Waals surface area contributed by atoms with Crippen LogP contribution in [0.3, 0.4) is 0 Å². The van der Waals surface area contributed by atoms with E-state index in [2.05, 4.69) is 10.5 Å². The van der Waals surface area contributed by atoms with Gasteiger partial charge in [-0.3, -0.25) is 4.79 Å². The van der Waals surface area contributed by atoms with Crippen molar-refractivity contribution < 1.29 is 19.5 Å². The van der Waals surface area contributed by atoms with Gasteiger partial charge in [0.2, 0.25) is 0 Å². The Hall–Kier alpha value is -3.51. The quantitative estimate of drug-likeness (QED) is 0.137. The van der Waals surface area contributed by atoms with Gasteiger partial charge in [-0.05, 0) is 44.2 Å². The zero-order valence-electron chi connectivity index (χ0n) is 17.0. The summed E-state index contributed by atoms with van der Waals surface area (Å²) in [6.45, 7) is 3.61. The monoisotopic (exact) mass is 428 g/mol. The first-order chi connectivity index (χ1) is 14.4. The summed E-state index contributed by atoms with van der Waals surface area (Å²) >= 11 is 1.19. The number of carbonyl (C=O) groups is 2. The molecule has 0 saturated heterocycles. The number of hydrogen-bond acceptors (Lipinski definition) is 8. The van der Waals surface area contributed by atoms with E-state index in [1.807, 2.05) is 25.1 Å². The highest BCUT2D eigenvalue weighted by Gasteiger charge is 2.15. The number of nitrogens with one attached hydrogen (secondary N) is 1. The second-order valence-electron chi connectivity index (χ2n) is 5.79. The summed E-state index contributed by atoms with van der Waals surface area (Å²) in [7, 11) is 0. The highest BCUT2D eigenvalue weighted by Crippen LogP contribution is 2.19. The van der Waals surface area contributed by atoms with E-state index in [4.69, 9.17) is 15.7 Å². The number of allylic oxidation sites excluding steroid dienone is 3. The number of rotatable bonds is 9. The number of nitrogens with zero attached hydrogens (tertiary/aromatic N) is 2. The average molecular weight is 429 g/mol. The molecular weight excluding hydrogens is 404 g/mol. The Labute approximate surface area is 179 Å². The minimum atomic E-state index is -0.755. The Kier molecular flexibility index (Phi) is 10.5. The first-order valence-electron chi connectivity index (χ1n) is 8.96. The average Bonchev–Trinajstić information content (AvgIpc) is 2.73. The van der Waals surface area contributed by atoms with Gasteiger partial charge in [-0.2, -0.15) is 5.26 Å². The van der Waals surface area contributed by atoms with Gasteiger partial charge in [0, 0.05) is 11.3 Å². The maximum Gasteiger partial charge on any atom is 0.360 e. The van der Waals surface area contributed by atoms with Crippen LogP contribution in [0, 0.1) is 18.3 Å². The molecule has 9 heteroatoms. The second-order valence-corrected chi connectivity index (χ2v) is 6.61. The van der Waals surface area contributed by atoms with Gasteiger partial charge in [0.1, 0.15) is 11.6 Å². The van der Waals surface area contributed by atoms with Gasteiger partial charge in [0.05, 0.1) is 11.6 Å². The van der Waals surface area contributed by atoms with Crippen LogP contribution >= 0.6 is 11.8 Å². The predicted molar refractivity (Wildman–Crippen MR) is 117 cm³/mol. The van der Waals surface area contributed by atoms with Crippen molar-refractivity contribution in [3.63, 3.8) is 0 Å². The minimum Gasteiger partial charge on any atom is -0.461 e. The van der Waals surface area contributed by atoms with Crippen molar-refractivity contribution in [2.24, 2.45) is 10.9 Å². The minimum absolute atomic E-state index is 0.124. The summed E-state index contributed by atoms with van der Waals surface area (Å²) in [5, 5.41) is 24.3. The van der Waals surface area contributed by atoms with Gasteiger partial charge in [0.25, 0.3) is 5.91 Å². The van der Waals surface area contributed by atoms with Gasteiger partial charge in [-0.25, -0.2) is 4.79 Å². The van der Waals surface area contributed by atoms with Gasteiger partial charge in [0.15, 0.2) is 5.71 Å². The molecule has 1 aromatic rings. The lowest BCUT2D eigenvalue weighted by Gasteiger charge is -2.11. The third kappa shape index (κ3) is 7.14. The lowest BCUT2D eigenvalue weighted by Crippen LogP contribution is -2.24. The molecule has 30 heavy (non-hydrogen) atoms. The number of carbonyl (C=O) groups excluding carboxylic acids is 2. The van der Waals surface area contributed by atoms with Gasteiger partial charge < -0.3 is 21.0 Å². The van der Waals surface area contributed by atoms with Crippen molar-refractivity contribution in [2.45, 2.75) is 20.3 Å². The molecule has 0 fully saturated rings. The van der Waals surface area contributed by atoms with Crippen molar-refractivity contribution in [2.75, 3.05) is 12.9 Å². The number of esters is 1. The van der Waals surface area contributed by atoms with E-state index in [1.54, 1.807) is 31.4 Å². The van der Waals surface area contributed by atoms with Gasteiger partial charge >= 0.3 is 5.97 Å². The lowest BCUT2D eigenvalue weighted by atomic mass is 10.1. The summed E-state index contributed by atoms with van der Waals surface area (Å²) in [6.07, 6.45) is 6.33. The molecule has 0 aliphatic carbocycles. The van der Waals surface area contributed by atoms with E-state index in [-0.39, 0.29) is 35.9 Å². The molecule has 0 unspecified atom stereocenters. The number of ether oxygens (including phenoxy) is 1. The van der Waals surface area contributed by atoms with Crippen LogP contribution in [0.15, 0.2) is 63.9 Å². The number of nitrogens with two attached hydrogens (primary N) is 1. The van der Waals surface area contributed by atoms with Crippen molar-refractivity contribution >= 4 is 29.4 Å². The summed E-state index contributed by atoms with van der Waals surface area (Å²) in [4.78, 5) is 24.1. The Bertz CT molecular complexity index is 943. The van der Waals surface area contributed by atoms with Crippen LogP contribution in [0.25, 0.3) is 0 Å². The maximum absolute atomic E-state index is 12.5. The zero-order valence-corrected chi connectivity index (χ0v) is 17.8. The van der Waals surface area contributed by atoms with E-state index in [0.717, 1.165) is 5.56 Å². The number of oxime groups is 1. The molecule has 0 heterocycles. The van der Waals surface area contributed by atoms with Crippen molar-refractivity contribution in [1.82, 2.24) is 5.32 Å². The van der Waals surface area contributed by atoms with Crippen LogP contribution in [-0.2, 0) is 9.53 Å². The zero-order chi connectivity index (χ0) is 22.5. The normalized spacial score (nSPS) is 12.9. The van der Waals surface area contributed by atoms with Gasteiger partial charge in [-0.15, -0.1) is 11.8 Å². The molecule has 1 aromatic carbocycles. The predicted octanol–water partition coefficient (Wildman–Crippen LogP) is 3.01. The molecule has 0 aliphatic rings. The number of thioether (sulfide) groups is 1. The first kappa shape index (κ1) is 24.5. The molecule has 1 rings (SSSR count). The largest absolute Gasteiger partial charge is 0.461 e. The van der Waals surface area contributed by atoms with Crippen molar-refractivity contribution in [3.8, 4) is 6.07 Å². The van der Waals surface area contributed by atoms with Crippen LogP contribution in [0.1, 0.15) is 29.3 Å². The van der Waals surface area contributed by atoms with Gasteiger partial charge in [-0.1, -0.05) is 35.5 Å². The molecule has 1 amide bonds. The number of hydrogen-bond donors (Lipinski definition) is 3. The SMILES string of the molecule is CCOC(=O)C(/C=C/C/C=C(N)/C(C#N)=C(/NC(=O)c1ccccc1C)SC)=N/O. The first-order valence-corrected chi connectivity index (χ1v) is 10.2.